The summed E-state index contributed by atoms with van der Waals surface area (Å²) in [6.45, 7) is 12.0. The van der Waals surface area contributed by atoms with Gasteiger partial charge in [-0.1, -0.05) is 34.6 Å². The lowest BCUT2D eigenvalue weighted by atomic mass is 9.44. The molecule has 0 nitrogen and oxygen atoms in total. The van der Waals surface area contributed by atoms with E-state index in [0.717, 1.165) is 5.92 Å². The summed E-state index contributed by atoms with van der Waals surface area (Å²) >= 11 is 0. The van der Waals surface area contributed by atoms with Crippen molar-refractivity contribution in [3.05, 3.63) is 0 Å². The van der Waals surface area contributed by atoms with Gasteiger partial charge in [0.05, 0.1) is 0 Å². The zero-order valence-corrected chi connectivity index (χ0v) is 9.41. The Bertz CT molecular complexity index is 143. The molecule has 1 saturated carbocycles. The molecular formula is C12H24. The predicted molar refractivity (Wildman–Crippen MR) is 55.2 cm³/mol. The molecule has 0 bridgehead atoms. The van der Waals surface area contributed by atoms with Gasteiger partial charge in [0.1, 0.15) is 0 Å². The molecule has 0 radical (unpaired) electrons. The molecule has 12 heavy (non-hydrogen) atoms. The highest BCUT2D eigenvalue weighted by Crippen LogP contribution is 2.63. The highest BCUT2D eigenvalue weighted by atomic mass is 14.6. The van der Waals surface area contributed by atoms with Crippen molar-refractivity contribution in [1.29, 1.82) is 0 Å². The van der Waals surface area contributed by atoms with Crippen LogP contribution in [0.1, 0.15) is 60.3 Å². The molecule has 0 amide bonds. The molecule has 1 atom stereocenters. The number of rotatable bonds is 3. The van der Waals surface area contributed by atoms with Gasteiger partial charge in [0.2, 0.25) is 0 Å². The molecule has 0 saturated heterocycles. The molecule has 0 heterocycles. The maximum absolute atomic E-state index is 2.49. The van der Waals surface area contributed by atoms with Gasteiger partial charge >= 0.3 is 0 Å². The molecule has 1 aliphatic carbocycles. The Morgan fingerprint density at radius 2 is 1.58 bits per heavy atom. The molecule has 1 unspecified atom stereocenters. The van der Waals surface area contributed by atoms with Gasteiger partial charge < -0.3 is 0 Å². The van der Waals surface area contributed by atoms with Crippen molar-refractivity contribution in [2.24, 2.45) is 16.7 Å². The normalized spacial score (nSPS) is 33.5. The fourth-order valence-corrected chi connectivity index (χ4v) is 3.19. The Labute approximate surface area is 77.7 Å². The summed E-state index contributed by atoms with van der Waals surface area (Å²) in [5.74, 6) is 0.853. The van der Waals surface area contributed by atoms with Gasteiger partial charge in [-0.3, -0.25) is 0 Å². The third-order valence-electron chi connectivity index (χ3n) is 4.96. The van der Waals surface area contributed by atoms with E-state index in [9.17, 15) is 0 Å². The van der Waals surface area contributed by atoms with Crippen LogP contribution >= 0.6 is 0 Å². The van der Waals surface area contributed by atoms with Crippen molar-refractivity contribution in [2.75, 3.05) is 0 Å². The van der Waals surface area contributed by atoms with E-state index in [1.807, 2.05) is 0 Å². The molecule has 0 spiro atoms. The molecular weight excluding hydrogens is 144 g/mol. The Morgan fingerprint density at radius 3 is 1.67 bits per heavy atom. The molecule has 0 aliphatic heterocycles. The van der Waals surface area contributed by atoms with Gasteiger partial charge in [0.25, 0.3) is 0 Å². The van der Waals surface area contributed by atoms with E-state index in [-0.39, 0.29) is 0 Å². The van der Waals surface area contributed by atoms with Gasteiger partial charge in [-0.2, -0.15) is 0 Å². The summed E-state index contributed by atoms with van der Waals surface area (Å²) < 4.78 is 0. The zero-order chi connectivity index (χ0) is 9.41. The van der Waals surface area contributed by atoms with Crippen LogP contribution in [0.3, 0.4) is 0 Å². The highest BCUT2D eigenvalue weighted by Gasteiger charge is 2.54. The maximum Gasteiger partial charge on any atom is -0.0246 e. The topological polar surface area (TPSA) is 0 Å². The first-order valence-corrected chi connectivity index (χ1v) is 5.52. The molecule has 1 aliphatic rings. The van der Waals surface area contributed by atoms with Crippen LogP contribution < -0.4 is 0 Å². The Kier molecular flexibility index (Phi) is 2.56. The molecule has 0 aromatic carbocycles. The van der Waals surface area contributed by atoms with Gasteiger partial charge in [-0.15, -0.1) is 0 Å². The minimum Gasteiger partial charge on any atom is -0.0648 e. The Morgan fingerprint density at radius 1 is 1.08 bits per heavy atom. The van der Waals surface area contributed by atoms with Gasteiger partial charge in [0, 0.05) is 0 Å². The Hall–Kier alpha value is 0. The van der Waals surface area contributed by atoms with Crippen molar-refractivity contribution in [1.82, 2.24) is 0 Å². The lowest BCUT2D eigenvalue weighted by Crippen LogP contribution is -2.51. The molecule has 0 heteroatoms. The third kappa shape index (κ3) is 1.03. The zero-order valence-electron chi connectivity index (χ0n) is 9.41. The van der Waals surface area contributed by atoms with Crippen LogP contribution in [0.15, 0.2) is 0 Å². The SMILES string of the molecule is CCC1(CC)CCC1(C)C(C)C. The maximum atomic E-state index is 2.49. The quantitative estimate of drug-likeness (QED) is 0.591. The Balaban J connectivity index is 2.80. The number of hydrogen-bond acceptors (Lipinski definition) is 0. The van der Waals surface area contributed by atoms with Crippen LogP contribution in [0.4, 0.5) is 0 Å². The summed E-state index contributed by atoms with van der Waals surface area (Å²) in [4.78, 5) is 0. The van der Waals surface area contributed by atoms with E-state index >= 15 is 0 Å². The lowest BCUT2D eigenvalue weighted by molar-refractivity contribution is -0.107. The van der Waals surface area contributed by atoms with Crippen LogP contribution in [0.25, 0.3) is 0 Å². The second-order valence-corrected chi connectivity index (χ2v) is 5.06. The fraction of sp³-hybridized carbons (Fsp3) is 1.00. The second kappa shape index (κ2) is 3.05. The van der Waals surface area contributed by atoms with E-state index < -0.39 is 0 Å². The molecule has 0 aromatic heterocycles. The van der Waals surface area contributed by atoms with Crippen LogP contribution in [-0.2, 0) is 0 Å². The van der Waals surface area contributed by atoms with Gasteiger partial charge in [0.15, 0.2) is 0 Å². The molecule has 72 valence electrons. The molecule has 1 fully saturated rings. The van der Waals surface area contributed by atoms with Crippen LogP contribution in [0.5, 0.6) is 0 Å². The van der Waals surface area contributed by atoms with E-state index in [4.69, 9.17) is 0 Å². The summed E-state index contributed by atoms with van der Waals surface area (Å²) in [5, 5.41) is 0. The summed E-state index contributed by atoms with van der Waals surface area (Å²) in [6.07, 6.45) is 5.66. The average Bonchev–Trinajstić information content (AvgIpc) is 2.04. The average molecular weight is 168 g/mol. The van der Waals surface area contributed by atoms with Gasteiger partial charge in [-0.25, -0.2) is 0 Å². The summed E-state index contributed by atoms with van der Waals surface area (Å²) in [5.41, 5.74) is 1.32. The largest absolute Gasteiger partial charge is 0.0648 e. The van der Waals surface area contributed by atoms with Gasteiger partial charge in [-0.05, 0) is 42.4 Å². The van der Waals surface area contributed by atoms with Crippen LogP contribution in [-0.4, -0.2) is 0 Å². The first-order valence-electron chi connectivity index (χ1n) is 5.52. The second-order valence-electron chi connectivity index (χ2n) is 5.06. The standard InChI is InChI=1S/C12H24/c1-6-12(7-2)9-8-11(12,5)10(3)4/h10H,6-9H2,1-5H3. The summed E-state index contributed by atoms with van der Waals surface area (Å²) in [6, 6.07) is 0. The predicted octanol–water partition coefficient (Wildman–Crippen LogP) is 4.25. The van der Waals surface area contributed by atoms with E-state index in [1.165, 1.54) is 25.7 Å². The first-order chi connectivity index (χ1) is 5.52. The molecule has 1 rings (SSSR count). The van der Waals surface area contributed by atoms with Crippen LogP contribution in [0, 0.1) is 16.7 Å². The van der Waals surface area contributed by atoms with Crippen LogP contribution in [0.2, 0.25) is 0 Å². The minimum absolute atomic E-state index is 0.635. The van der Waals surface area contributed by atoms with Crippen molar-refractivity contribution in [3.63, 3.8) is 0 Å². The lowest BCUT2D eigenvalue weighted by Gasteiger charge is -2.60. The van der Waals surface area contributed by atoms with Crippen molar-refractivity contribution in [2.45, 2.75) is 60.3 Å². The van der Waals surface area contributed by atoms with E-state index in [1.54, 1.807) is 0 Å². The molecule has 0 aromatic rings. The van der Waals surface area contributed by atoms with E-state index in [2.05, 4.69) is 34.6 Å². The smallest absolute Gasteiger partial charge is 0.0246 e. The first kappa shape index (κ1) is 10.1. The minimum atomic E-state index is 0.635. The highest BCUT2D eigenvalue weighted by molar-refractivity contribution is 5.04. The summed E-state index contributed by atoms with van der Waals surface area (Å²) in [7, 11) is 0. The van der Waals surface area contributed by atoms with E-state index in [0.29, 0.717) is 10.8 Å². The van der Waals surface area contributed by atoms with Crippen molar-refractivity contribution in [3.8, 4) is 0 Å². The van der Waals surface area contributed by atoms with Crippen molar-refractivity contribution >= 4 is 0 Å². The monoisotopic (exact) mass is 168 g/mol. The molecule has 0 N–H and O–H groups in total. The fourth-order valence-electron chi connectivity index (χ4n) is 3.19. The van der Waals surface area contributed by atoms with Crippen molar-refractivity contribution < 1.29 is 0 Å². The third-order valence-corrected chi connectivity index (χ3v) is 4.96. The number of hydrogen-bond donors (Lipinski definition) is 0.